The van der Waals surface area contributed by atoms with Crippen molar-refractivity contribution >= 4 is 44.8 Å². The van der Waals surface area contributed by atoms with E-state index in [0.29, 0.717) is 6.04 Å². The number of hydrogen-bond acceptors (Lipinski definition) is 5. The summed E-state index contributed by atoms with van der Waals surface area (Å²) in [7, 11) is 0. The fourth-order valence-corrected chi connectivity index (χ4v) is 5.39. The standard InChI is InChI=1S/C20H25BrN4S/c1-13-10-17(23-15-4-7-25(8-5-15)9-6-22)20-19(11-13)26-18-12-14(21)2-3-16(18)24-20/h2-3,10-12,15,23-24H,4-9,22H2,1H3. The van der Waals surface area contributed by atoms with Gasteiger partial charge in [-0.3, -0.25) is 0 Å². The molecule has 4 N–H and O–H groups in total. The van der Waals surface area contributed by atoms with Crippen LogP contribution in [0, 0.1) is 6.92 Å². The van der Waals surface area contributed by atoms with Crippen LogP contribution < -0.4 is 16.4 Å². The van der Waals surface area contributed by atoms with Crippen LogP contribution in [0.3, 0.4) is 0 Å². The Morgan fingerprint density at radius 2 is 2.04 bits per heavy atom. The first-order valence-corrected chi connectivity index (χ1v) is 10.8. The molecular formula is C20H25BrN4S. The highest BCUT2D eigenvalue weighted by Crippen LogP contribution is 2.48. The van der Waals surface area contributed by atoms with E-state index in [-0.39, 0.29) is 0 Å². The first-order chi connectivity index (χ1) is 12.6. The van der Waals surface area contributed by atoms with E-state index in [4.69, 9.17) is 5.73 Å². The van der Waals surface area contributed by atoms with E-state index in [1.165, 1.54) is 45.3 Å². The minimum Gasteiger partial charge on any atom is -0.380 e. The van der Waals surface area contributed by atoms with E-state index in [9.17, 15) is 0 Å². The number of piperidine rings is 1. The highest BCUT2D eigenvalue weighted by Gasteiger charge is 2.23. The van der Waals surface area contributed by atoms with Gasteiger partial charge < -0.3 is 21.3 Å². The normalized spacial score (nSPS) is 17.3. The van der Waals surface area contributed by atoms with Crippen molar-refractivity contribution < 1.29 is 0 Å². The van der Waals surface area contributed by atoms with E-state index in [0.717, 1.165) is 30.7 Å². The van der Waals surface area contributed by atoms with Gasteiger partial charge in [0.2, 0.25) is 0 Å². The number of nitrogens with two attached hydrogens (primary N) is 1. The Bertz CT molecular complexity index is 803. The van der Waals surface area contributed by atoms with Crippen molar-refractivity contribution in [3.63, 3.8) is 0 Å². The van der Waals surface area contributed by atoms with E-state index < -0.39 is 0 Å². The zero-order chi connectivity index (χ0) is 18.1. The number of fused-ring (bicyclic) bond motifs is 2. The monoisotopic (exact) mass is 432 g/mol. The van der Waals surface area contributed by atoms with Gasteiger partial charge in [-0.05, 0) is 55.7 Å². The molecule has 138 valence electrons. The van der Waals surface area contributed by atoms with Gasteiger partial charge in [-0.2, -0.15) is 0 Å². The molecular weight excluding hydrogens is 408 g/mol. The molecule has 2 aromatic rings. The van der Waals surface area contributed by atoms with Crippen LogP contribution in [-0.4, -0.2) is 37.1 Å². The third-order valence-corrected chi connectivity index (χ3v) is 6.66. The van der Waals surface area contributed by atoms with Crippen LogP contribution in [0.1, 0.15) is 18.4 Å². The van der Waals surface area contributed by atoms with Crippen LogP contribution in [-0.2, 0) is 0 Å². The number of halogens is 1. The summed E-state index contributed by atoms with van der Waals surface area (Å²) in [4.78, 5) is 5.02. The summed E-state index contributed by atoms with van der Waals surface area (Å²) in [5.74, 6) is 0. The second-order valence-electron chi connectivity index (χ2n) is 7.10. The number of benzene rings is 2. The lowest BCUT2D eigenvalue weighted by molar-refractivity contribution is 0.225. The third kappa shape index (κ3) is 3.88. The Morgan fingerprint density at radius 1 is 1.23 bits per heavy atom. The molecule has 1 saturated heterocycles. The fourth-order valence-electron chi connectivity index (χ4n) is 3.72. The number of nitrogens with zero attached hydrogens (tertiary/aromatic N) is 1. The first-order valence-electron chi connectivity index (χ1n) is 9.20. The van der Waals surface area contributed by atoms with Crippen molar-refractivity contribution in [2.45, 2.75) is 35.6 Å². The fraction of sp³-hybridized carbons (Fsp3) is 0.400. The van der Waals surface area contributed by atoms with E-state index in [1.807, 2.05) is 11.8 Å². The van der Waals surface area contributed by atoms with Crippen LogP contribution in [0.5, 0.6) is 0 Å². The second-order valence-corrected chi connectivity index (χ2v) is 9.10. The van der Waals surface area contributed by atoms with Crippen molar-refractivity contribution in [3.8, 4) is 0 Å². The molecule has 0 unspecified atom stereocenters. The molecule has 0 radical (unpaired) electrons. The Balaban J connectivity index is 1.54. The van der Waals surface area contributed by atoms with Crippen molar-refractivity contribution in [2.75, 3.05) is 36.8 Å². The maximum Gasteiger partial charge on any atom is 0.0762 e. The summed E-state index contributed by atoms with van der Waals surface area (Å²) in [5.41, 5.74) is 10.6. The summed E-state index contributed by atoms with van der Waals surface area (Å²) in [6.45, 7) is 6.19. The molecule has 4 nitrogen and oxygen atoms in total. The van der Waals surface area contributed by atoms with Gasteiger partial charge in [0, 0.05) is 46.5 Å². The number of rotatable bonds is 4. The second kappa shape index (κ2) is 7.80. The minimum absolute atomic E-state index is 0.521. The van der Waals surface area contributed by atoms with Crippen molar-refractivity contribution in [3.05, 3.63) is 40.4 Å². The van der Waals surface area contributed by atoms with Gasteiger partial charge in [0.25, 0.3) is 0 Å². The van der Waals surface area contributed by atoms with E-state index in [2.05, 4.69) is 68.7 Å². The predicted molar refractivity (Wildman–Crippen MR) is 115 cm³/mol. The van der Waals surface area contributed by atoms with Crippen LogP contribution in [0.4, 0.5) is 17.1 Å². The number of nitrogens with one attached hydrogen (secondary N) is 2. The summed E-state index contributed by atoms with van der Waals surface area (Å²) in [6, 6.07) is 11.5. The average molecular weight is 433 g/mol. The minimum atomic E-state index is 0.521. The number of aryl methyl sites for hydroxylation is 1. The zero-order valence-corrected chi connectivity index (χ0v) is 17.4. The molecule has 2 aliphatic heterocycles. The van der Waals surface area contributed by atoms with Gasteiger partial charge in [0.15, 0.2) is 0 Å². The Hall–Kier alpha value is -1.21. The predicted octanol–water partition coefficient (Wildman–Crippen LogP) is 4.80. The molecule has 0 aliphatic carbocycles. The molecule has 2 heterocycles. The van der Waals surface area contributed by atoms with Crippen molar-refractivity contribution in [1.29, 1.82) is 0 Å². The molecule has 4 rings (SSSR count). The lowest BCUT2D eigenvalue weighted by Crippen LogP contribution is -2.41. The Kier molecular flexibility index (Phi) is 5.45. The Morgan fingerprint density at radius 3 is 2.81 bits per heavy atom. The van der Waals surface area contributed by atoms with Gasteiger partial charge in [0.1, 0.15) is 0 Å². The lowest BCUT2D eigenvalue weighted by atomic mass is 10.0. The first kappa shape index (κ1) is 18.2. The molecule has 0 saturated carbocycles. The number of likely N-dealkylation sites (tertiary alicyclic amines) is 1. The largest absolute Gasteiger partial charge is 0.380 e. The van der Waals surface area contributed by atoms with Gasteiger partial charge in [-0.25, -0.2) is 0 Å². The third-order valence-electron chi connectivity index (χ3n) is 5.06. The molecule has 0 amide bonds. The maximum absolute atomic E-state index is 5.69. The van der Waals surface area contributed by atoms with Gasteiger partial charge >= 0.3 is 0 Å². The molecule has 2 aromatic carbocycles. The number of anilines is 3. The summed E-state index contributed by atoms with van der Waals surface area (Å²) in [6.07, 6.45) is 2.33. The van der Waals surface area contributed by atoms with E-state index in [1.54, 1.807) is 0 Å². The summed E-state index contributed by atoms with van der Waals surface area (Å²) >= 11 is 5.42. The van der Waals surface area contributed by atoms with Crippen LogP contribution in [0.15, 0.2) is 44.6 Å². The van der Waals surface area contributed by atoms with Crippen LogP contribution in [0.2, 0.25) is 0 Å². The molecule has 6 heteroatoms. The zero-order valence-electron chi connectivity index (χ0n) is 15.0. The maximum atomic E-state index is 5.69. The Labute approximate surface area is 168 Å². The highest BCUT2D eigenvalue weighted by atomic mass is 79.9. The molecule has 1 fully saturated rings. The van der Waals surface area contributed by atoms with Gasteiger partial charge in [-0.15, -0.1) is 0 Å². The highest BCUT2D eigenvalue weighted by molar-refractivity contribution is 9.10. The van der Waals surface area contributed by atoms with Crippen molar-refractivity contribution in [2.24, 2.45) is 5.73 Å². The molecule has 0 spiro atoms. The summed E-state index contributed by atoms with van der Waals surface area (Å²) in [5, 5.41) is 7.46. The van der Waals surface area contributed by atoms with Gasteiger partial charge in [0.05, 0.1) is 17.1 Å². The number of hydrogen-bond donors (Lipinski definition) is 3. The molecule has 0 bridgehead atoms. The topological polar surface area (TPSA) is 53.3 Å². The summed E-state index contributed by atoms with van der Waals surface area (Å²) < 4.78 is 1.12. The van der Waals surface area contributed by atoms with Crippen LogP contribution in [0.25, 0.3) is 0 Å². The molecule has 0 aromatic heterocycles. The molecule has 26 heavy (non-hydrogen) atoms. The average Bonchev–Trinajstić information content (AvgIpc) is 2.62. The molecule has 2 aliphatic rings. The van der Waals surface area contributed by atoms with Gasteiger partial charge in [-0.1, -0.05) is 27.7 Å². The lowest BCUT2D eigenvalue weighted by Gasteiger charge is -2.33. The smallest absolute Gasteiger partial charge is 0.0762 e. The van der Waals surface area contributed by atoms with E-state index >= 15 is 0 Å². The SMILES string of the molecule is Cc1cc(NC2CCN(CCN)CC2)c2c(c1)Sc1cc(Br)ccc1N2. The van der Waals surface area contributed by atoms with Crippen LogP contribution >= 0.6 is 27.7 Å². The quantitative estimate of drug-likeness (QED) is 0.552. The molecule has 0 atom stereocenters. The van der Waals surface area contributed by atoms with Crippen molar-refractivity contribution in [1.82, 2.24) is 4.90 Å².